The van der Waals surface area contributed by atoms with Gasteiger partial charge in [0.2, 0.25) is 5.91 Å². The quantitative estimate of drug-likeness (QED) is 0.534. The van der Waals surface area contributed by atoms with Crippen LogP contribution in [0.4, 0.5) is 11.4 Å². The summed E-state index contributed by atoms with van der Waals surface area (Å²) in [4.78, 5) is 23.1. The van der Waals surface area contributed by atoms with Gasteiger partial charge in [0, 0.05) is 12.1 Å². The van der Waals surface area contributed by atoms with Gasteiger partial charge in [-0.15, -0.1) is 0 Å². The molecule has 2 aromatic carbocycles. The third-order valence-electron chi connectivity index (χ3n) is 4.61. The molecule has 0 heterocycles. The second-order valence-corrected chi connectivity index (χ2v) is 6.97. The van der Waals surface area contributed by atoms with Crippen LogP contribution in [-0.2, 0) is 11.2 Å². The van der Waals surface area contributed by atoms with Crippen molar-refractivity contribution in [2.45, 2.75) is 40.2 Å². The van der Waals surface area contributed by atoms with Gasteiger partial charge in [0.05, 0.1) is 11.5 Å². The molecule has 2 aromatic rings. The van der Waals surface area contributed by atoms with Crippen molar-refractivity contribution in [3.8, 4) is 0 Å². The zero-order valence-corrected chi connectivity index (χ0v) is 16.3. The van der Waals surface area contributed by atoms with Crippen LogP contribution in [0.3, 0.4) is 0 Å². The highest BCUT2D eigenvalue weighted by Crippen LogP contribution is 2.27. The molecule has 1 atom stereocenters. The topological polar surface area (TPSA) is 84.3 Å². The maximum Gasteiger partial charge on any atom is 0.293 e. The van der Waals surface area contributed by atoms with Crippen LogP contribution in [0.15, 0.2) is 42.5 Å². The number of carbonyl (C=O) groups excluding carboxylic acids is 1. The van der Waals surface area contributed by atoms with Crippen molar-refractivity contribution >= 4 is 17.3 Å². The van der Waals surface area contributed by atoms with E-state index in [0.29, 0.717) is 5.56 Å². The van der Waals surface area contributed by atoms with Crippen molar-refractivity contribution in [2.24, 2.45) is 5.92 Å². The van der Waals surface area contributed by atoms with Gasteiger partial charge in [0.25, 0.3) is 5.69 Å². The van der Waals surface area contributed by atoms with Gasteiger partial charge in [-0.05, 0) is 36.0 Å². The predicted molar refractivity (Wildman–Crippen MR) is 108 cm³/mol. The first kappa shape index (κ1) is 20.6. The number of amides is 1. The number of carbonyl (C=O) groups is 1. The number of hydrogen-bond acceptors (Lipinski definition) is 4. The lowest BCUT2D eigenvalue weighted by Crippen LogP contribution is -2.34. The SMILES string of the molecule is CCc1ccc([C@H](NCC(=O)Nc2c(C)cccc2[N+](=O)[O-])C(C)C)cc1. The Morgan fingerprint density at radius 1 is 1.15 bits per heavy atom. The fraction of sp³-hybridized carbons (Fsp3) is 0.381. The Balaban J connectivity index is 2.07. The maximum atomic E-state index is 12.4. The van der Waals surface area contributed by atoms with E-state index < -0.39 is 4.92 Å². The van der Waals surface area contributed by atoms with Gasteiger partial charge in [-0.1, -0.05) is 57.2 Å². The van der Waals surface area contributed by atoms with E-state index in [0.717, 1.165) is 12.0 Å². The lowest BCUT2D eigenvalue weighted by molar-refractivity contribution is -0.384. The van der Waals surface area contributed by atoms with E-state index in [-0.39, 0.29) is 35.8 Å². The molecule has 0 saturated heterocycles. The smallest absolute Gasteiger partial charge is 0.293 e. The zero-order valence-electron chi connectivity index (χ0n) is 16.3. The number of rotatable bonds is 8. The van der Waals surface area contributed by atoms with Crippen molar-refractivity contribution in [3.05, 3.63) is 69.3 Å². The first-order valence-electron chi connectivity index (χ1n) is 9.19. The Morgan fingerprint density at radius 2 is 1.81 bits per heavy atom. The summed E-state index contributed by atoms with van der Waals surface area (Å²) in [6.45, 7) is 8.11. The number of para-hydroxylation sites is 1. The van der Waals surface area contributed by atoms with Gasteiger partial charge in [-0.2, -0.15) is 0 Å². The number of aryl methyl sites for hydroxylation is 2. The van der Waals surface area contributed by atoms with Crippen LogP contribution in [-0.4, -0.2) is 17.4 Å². The molecule has 0 unspecified atom stereocenters. The van der Waals surface area contributed by atoms with E-state index in [9.17, 15) is 14.9 Å². The summed E-state index contributed by atoms with van der Waals surface area (Å²) in [5, 5.41) is 17.1. The molecule has 1 amide bonds. The number of nitro groups is 1. The molecule has 6 heteroatoms. The van der Waals surface area contributed by atoms with Gasteiger partial charge in [-0.25, -0.2) is 0 Å². The predicted octanol–water partition coefficient (Wildman–Crippen LogP) is 4.39. The number of nitrogens with zero attached hydrogens (tertiary/aromatic N) is 1. The standard InChI is InChI=1S/C21H27N3O3/c1-5-16-9-11-17(12-10-16)20(14(2)3)22-13-19(25)23-21-15(4)7-6-8-18(21)24(26)27/h6-12,14,20,22H,5,13H2,1-4H3,(H,23,25)/t20-/m1/s1. The highest BCUT2D eigenvalue weighted by Gasteiger charge is 2.20. The van der Waals surface area contributed by atoms with Gasteiger partial charge in [0.1, 0.15) is 5.69 Å². The van der Waals surface area contributed by atoms with Gasteiger partial charge in [-0.3, -0.25) is 14.9 Å². The minimum Gasteiger partial charge on any atom is -0.319 e. The van der Waals surface area contributed by atoms with Gasteiger partial charge >= 0.3 is 0 Å². The molecule has 0 saturated carbocycles. The summed E-state index contributed by atoms with van der Waals surface area (Å²) >= 11 is 0. The van der Waals surface area contributed by atoms with Crippen LogP contribution in [0.25, 0.3) is 0 Å². The average molecular weight is 369 g/mol. The lowest BCUT2D eigenvalue weighted by atomic mass is 9.95. The fourth-order valence-corrected chi connectivity index (χ4v) is 3.05. The maximum absolute atomic E-state index is 12.4. The van der Waals surface area contributed by atoms with Gasteiger partial charge < -0.3 is 10.6 Å². The molecule has 2 rings (SSSR count). The van der Waals surface area contributed by atoms with Crippen molar-refractivity contribution < 1.29 is 9.72 Å². The van der Waals surface area contributed by atoms with E-state index >= 15 is 0 Å². The largest absolute Gasteiger partial charge is 0.319 e. The van der Waals surface area contributed by atoms with Crippen molar-refractivity contribution in [1.82, 2.24) is 5.32 Å². The molecule has 0 aliphatic rings. The molecule has 27 heavy (non-hydrogen) atoms. The first-order chi connectivity index (χ1) is 12.8. The monoisotopic (exact) mass is 369 g/mol. The average Bonchev–Trinajstić information content (AvgIpc) is 2.63. The Morgan fingerprint density at radius 3 is 2.37 bits per heavy atom. The molecule has 0 aliphatic carbocycles. The van der Waals surface area contributed by atoms with Crippen molar-refractivity contribution in [3.63, 3.8) is 0 Å². The summed E-state index contributed by atoms with van der Waals surface area (Å²) < 4.78 is 0. The number of benzene rings is 2. The van der Waals surface area contributed by atoms with E-state index in [1.165, 1.54) is 11.6 Å². The van der Waals surface area contributed by atoms with Gasteiger partial charge in [0.15, 0.2) is 0 Å². The lowest BCUT2D eigenvalue weighted by Gasteiger charge is -2.23. The van der Waals surface area contributed by atoms with Crippen molar-refractivity contribution in [1.29, 1.82) is 0 Å². The van der Waals surface area contributed by atoms with E-state index in [1.807, 2.05) is 0 Å². The number of anilines is 1. The molecule has 0 fully saturated rings. The molecule has 144 valence electrons. The third-order valence-corrected chi connectivity index (χ3v) is 4.61. The highest BCUT2D eigenvalue weighted by molar-refractivity contribution is 5.95. The normalized spacial score (nSPS) is 12.0. The molecule has 0 spiro atoms. The molecular weight excluding hydrogens is 342 g/mol. The summed E-state index contributed by atoms with van der Waals surface area (Å²) in [5.41, 5.74) is 3.21. The highest BCUT2D eigenvalue weighted by atomic mass is 16.6. The first-order valence-corrected chi connectivity index (χ1v) is 9.19. The Hall–Kier alpha value is -2.73. The summed E-state index contributed by atoms with van der Waals surface area (Å²) in [7, 11) is 0. The Kier molecular flexibility index (Phi) is 7.07. The van der Waals surface area contributed by atoms with Crippen molar-refractivity contribution in [2.75, 3.05) is 11.9 Å². The van der Waals surface area contributed by atoms with Crippen LogP contribution < -0.4 is 10.6 Å². The van der Waals surface area contributed by atoms with E-state index in [1.54, 1.807) is 19.1 Å². The zero-order chi connectivity index (χ0) is 20.0. The molecule has 0 radical (unpaired) electrons. The van der Waals surface area contributed by atoms with E-state index in [4.69, 9.17) is 0 Å². The third kappa shape index (κ3) is 5.37. The minimum absolute atomic E-state index is 0.0218. The minimum atomic E-state index is -0.484. The van der Waals surface area contributed by atoms with Crippen LogP contribution >= 0.6 is 0 Å². The Labute approximate surface area is 160 Å². The number of hydrogen-bond donors (Lipinski definition) is 2. The summed E-state index contributed by atoms with van der Waals surface area (Å²) in [6.07, 6.45) is 0.984. The van der Waals surface area contributed by atoms with Crippen LogP contribution in [0.2, 0.25) is 0 Å². The molecule has 0 bridgehead atoms. The van der Waals surface area contributed by atoms with E-state index in [2.05, 4.69) is 55.7 Å². The number of nitro benzene ring substituents is 1. The summed E-state index contributed by atoms with van der Waals surface area (Å²) in [6, 6.07) is 13.1. The number of nitrogens with one attached hydrogen (secondary N) is 2. The second-order valence-electron chi connectivity index (χ2n) is 6.97. The van der Waals surface area contributed by atoms with Crippen LogP contribution in [0.1, 0.15) is 43.5 Å². The molecule has 0 aliphatic heterocycles. The second kappa shape index (κ2) is 9.28. The van der Waals surface area contributed by atoms with Crippen LogP contribution in [0.5, 0.6) is 0 Å². The Bertz CT molecular complexity index is 801. The fourth-order valence-electron chi connectivity index (χ4n) is 3.05. The van der Waals surface area contributed by atoms with Crippen LogP contribution in [0, 0.1) is 23.0 Å². The molecule has 6 nitrogen and oxygen atoms in total. The summed E-state index contributed by atoms with van der Waals surface area (Å²) in [5.74, 6) is -0.0127. The molecule has 0 aromatic heterocycles. The molecule has 2 N–H and O–H groups in total. The molecular formula is C21H27N3O3.